The van der Waals surface area contributed by atoms with Crippen LogP contribution in [0.3, 0.4) is 0 Å². The van der Waals surface area contributed by atoms with Crippen molar-refractivity contribution in [2.24, 2.45) is 5.73 Å². The van der Waals surface area contributed by atoms with Crippen LogP contribution in [0.2, 0.25) is 0 Å². The molecule has 2 N–H and O–H groups in total. The van der Waals surface area contributed by atoms with Gasteiger partial charge in [-0.05, 0) is 25.5 Å². The van der Waals surface area contributed by atoms with Gasteiger partial charge in [0.15, 0.2) is 0 Å². The van der Waals surface area contributed by atoms with Crippen molar-refractivity contribution in [2.45, 2.75) is 44.4 Å². The molecule has 1 amide bonds. The number of nitrogens with zero attached hydrogens (tertiary/aromatic N) is 1. The average Bonchev–Trinajstić information content (AvgIpc) is 2.82. The first-order chi connectivity index (χ1) is 8.13. The van der Waals surface area contributed by atoms with Crippen molar-refractivity contribution >= 4 is 17.7 Å². The molecule has 100 valence electrons. The molecule has 0 aliphatic carbocycles. The molecular weight excluding hydrogens is 236 g/mol. The molecule has 1 saturated heterocycles. The van der Waals surface area contributed by atoms with E-state index in [1.165, 1.54) is 0 Å². The van der Waals surface area contributed by atoms with Gasteiger partial charge in [0.2, 0.25) is 0 Å². The van der Waals surface area contributed by atoms with Gasteiger partial charge in [0, 0.05) is 25.4 Å². The lowest BCUT2D eigenvalue weighted by atomic mass is 10.1. The van der Waals surface area contributed by atoms with E-state index in [9.17, 15) is 4.79 Å². The summed E-state index contributed by atoms with van der Waals surface area (Å²) in [6, 6.07) is 0.304. The number of rotatable bonds is 6. The third-order valence-electron chi connectivity index (χ3n) is 3.37. The summed E-state index contributed by atoms with van der Waals surface area (Å²) in [5.74, 6) is 1.09. The molecule has 0 radical (unpaired) electrons. The molecule has 1 aliphatic heterocycles. The van der Waals surface area contributed by atoms with E-state index in [1.54, 1.807) is 11.8 Å². The Morgan fingerprint density at radius 2 is 2.29 bits per heavy atom. The molecule has 0 aromatic rings. The van der Waals surface area contributed by atoms with Crippen molar-refractivity contribution in [2.75, 3.05) is 25.6 Å². The van der Waals surface area contributed by atoms with Gasteiger partial charge in [-0.1, -0.05) is 6.92 Å². The largest absolute Gasteiger partial charge is 0.364 e. The lowest BCUT2D eigenvalue weighted by molar-refractivity contribution is -0.143. The van der Waals surface area contributed by atoms with Crippen molar-refractivity contribution < 1.29 is 9.53 Å². The Bertz CT molecular complexity index is 251. The van der Waals surface area contributed by atoms with E-state index in [0.29, 0.717) is 12.6 Å². The van der Waals surface area contributed by atoms with Crippen LogP contribution in [-0.4, -0.2) is 54.7 Å². The summed E-state index contributed by atoms with van der Waals surface area (Å²) in [5.41, 5.74) is 5.55. The fourth-order valence-corrected chi connectivity index (χ4v) is 3.01. The van der Waals surface area contributed by atoms with Gasteiger partial charge < -0.3 is 15.4 Å². The number of likely N-dealkylation sites (N-methyl/N-ethyl adjacent to an activating group) is 1. The van der Waals surface area contributed by atoms with Gasteiger partial charge in [0.1, 0.15) is 6.10 Å². The number of carbonyl (C=O) groups is 1. The minimum Gasteiger partial charge on any atom is -0.364 e. The third kappa shape index (κ3) is 3.86. The van der Waals surface area contributed by atoms with Crippen LogP contribution in [0.15, 0.2) is 0 Å². The van der Waals surface area contributed by atoms with Crippen LogP contribution in [0.4, 0.5) is 0 Å². The van der Waals surface area contributed by atoms with Gasteiger partial charge in [-0.25, -0.2) is 0 Å². The van der Waals surface area contributed by atoms with Gasteiger partial charge in [-0.15, -0.1) is 0 Å². The second-order valence-electron chi connectivity index (χ2n) is 4.53. The molecule has 17 heavy (non-hydrogen) atoms. The highest BCUT2D eigenvalue weighted by atomic mass is 32.2. The third-order valence-corrected chi connectivity index (χ3v) is 4.09. The zero-order chi connectivity index (χ0) is 12.8. The molecule has 0 bridgehead atoms. The van der Waals surface area contributed by atoms with Crippen molar-refractivity contribution in [1.29, 1.82) is 0 Å². The van der Waals surface area contributed by atoms with Crippen molar-refractivity contribution in [3.8, 4) is 0 Å². The fraction of sp³-hybridized carbons (Fsp3) is 0.917. The Hall–Kier alpha value is -0.260. The number of thioether (sulfide) groups is 1. The first-order valence-corrected chi connectivity index (χ1v) is 7.64. The average molecular weight is 260 g/mol. The second kappa shape index (κ2) is 7.24. The zero-order valence-electron chi connectivity index (χ0n) is 11.0. The molecule has 0 aromatic heterocycles. The maximum absolute atomic E-state index is 12.2. The maximum atomic E-state index is 12.2. The first kappa shape index (κ1) is 14.8. The summed E-state index contributed by atoms with van der Waals surface area (Å²) < 4.78 is 5.64. The SMILES string of the molecule is CCC(CSC)N(C)C(=O)C1CCC(CN)O1. The quantitative estimate of drug-likeness (QED) is 0.777. The highest BCUT2D eigenvalue weighted by Crippen LogP contribution is 2.22. The van der Waals surface area contributed by atoms with Crippen LogP contribution in [0, 0.1) is 0 Å². The minimum atomic E-state index is -0.274. The summed E-state index contributed by atoms with van der Waals surface area (Å²) >= 11 is 1.77. The Kier molecular flexibility index (Phi) is 6.30. The maximum Gasteiger partial charge on any atom is 0.251 e. The molecule has 3 unspecified atom stereocenters. The number of hydrogen-bond acceptors (Lipinski definition) is 4. The monoisotopic (exact) mass is 260 g/mol. The lowest BCUT2D eigenvalue weighted by Crippen LogP contribution is -2.44. The van der Waals surface area contributed by atoms with Gasteiger partial charge in [-0.2, -0.15) is 11.8 Å². The number of amides is 1. The molecule has 1 aliphatic rings. The predicted molar refractivity (Wildman–Crippen MR) is 72.2 cm³/mol. The van der Waals surface area contributed by atoms with E-state index in [4.69, 9.17) is 10.5 Å². The predicted octanol–water partition coefficient (Wildman–Crippen LogP) is 1.09. The molecule has 1 fully saturated rings. The number of nitrogens with two attached hydrogens (primary N) is 1. The molecule has 0 saturated carbocycles. The standard InChI is InChI=1S/C12H24N2O2S/c1-4-9(8-17-3)14(2)12(15)11-6-5-10(7-13)16-11/h9-11H,4-8,13H2,1-3H3. The van der Waals surface area contributed by atoms with Gasteiger partial charge in [0.05, 0.1) is 6.10 Å². The van der Waals surface area contributed by atoms with Crippen LogP contribution in [0.1, 0.15) is 26.2 Å². The summed E-state index contributed by atoms with van der Waals surface area (Å²) in [6.45, 7) is 2.62. The molecule has 5 heteroatoms. The summed E-state index contributed by atoms with van der Waals surface area (Å²) in [6.07, 6.45) is 4.55. The van der Waals surface area contributed by atoms with E-state index < -0.39 is 0 Å². The molecule has 4 nitrogen and oxygen atoms in total. The second-order valence-corrected chi connectivity index (χ2v) is 5.44. The molecular formula is C12H24N2O2S. The minimum absolute atomic E-state index is 0.0676. The van der Waals surface area contributed by atoms with Crippen LogP contribution in [0.5, 0.6) is 0 Å². The van der Waals surface area contributed by atoms with Crippen LogP contribution in [0.25, 0.3) is 0 Å². The molecule has 0 aromatic carbocycles. The summed E-state index contributed by atoms with van der Waals surface area (Å²) in [5, 5.41) is 0. The Morgan fingerprint density at radius 1 is 1.59 bits per heavy atom. The van der Waals surface area contributed by atoms with E-state index in [1.807, 2.05) is 11.9 Å². The smallest absolute Gasteiger partial charge is 0.251 e. The Morgan fingerprint density at radius 3 is 2.76 bits per heavy atom. The van der Waals surface area contributed by atoms with Crippen molar-refractivity contribution in [1.82, 2.24) is 4.90 Å². The highest BCUT2D eigenvalue weighted by Gasteiger charge is 2.33. The molecule has 1 heterocycles. The van der Waals surface area contributed by atoms with Crippen molar-refractivity contribution in [3.63, 3.8) is 0 Å². The highest BCUT2D eigenvalue weighted by molar-refractivity contribution is 7.98. The lowest BCUT2D eigenvalue weighted by Gasteiger charge is -2.29. The normalized spacial score (nSPS) is 25.9. The Labute approximate surface area is 108 Å². The van der Waals surface area contributed by atoms with E-state index >= 15 is 0 Å². The zero-order valence-corrected chi connectivity index (χ0v) is 11.8. The Balaban J connectivity index is 2.51. The number of ether oxygens (including phenoxy) is 1. The van der Waals surface area contributed by atoms with Crippen LogP contribution >= 0.6 is 11.8 Å². The molecule has 3 atom stereocenters. The number of carbonyl (C=O) groups excluding carboxylic acids is 1. The van der Waals surface area contributed by atoms with Crippen LogP contribution < -0.4 is 5.73 Å². The molecule has 0 spiro atoms. The van der Waals surface area contributed by atoms with Crippen LogP contribution in [-0.2, 0) is 9.53 Å². The van der Waals surface area contributed by atoms with E-state index in [-0.39, 0.29) is 18.1 Å². The fourth-order valence-electron chi connectivity index (χ4n) is 2.16. The summed E-state index contributed by atoms with van der Waals surface area (Å²) in [7, 11) is 1.88. The van der Waals surface area contributed by atoms with Crippen molar-refractivity contribution in [3.05, 3.63) is 0 Å². The van der Waals surface area contributed by atoms with Gasteiger partial charge in [-0.3, -0.25) is 4.79 Å². The molecule has 1 rings (SSSR count). The topological polar surface area (TPSA) is 55.6 Å². The van der Waals surface area contributed by atoms with Gasteiger partial charge >= 0.3 is 0 Å². The first-order valence-electron chi connectivity index (χ1n) is 6.25. The van der Waals surface area contributed by atoms with Gasteiger partial charge in [0.25, 0.3) is 5.91 Å². The van der Waals surface area contributed by atoms with E-state index in [0.717, 1.165) is 25.0 Å². The van der Waals surface area contributed by atoms with E-state index in [2.05, 4.69) is 13.2 Å². The number of hydrogen-bond donors (Lipinski definition) is 1. The summed E-state index contributed by atoms with van der Waals surface area (Å²) in [4.78, 5) is 14.1.